The van der Waals surface area contributed by atoms with E-state index in [4.69, 9.17) is 0 Å². The summed E-state index contributed by atoms with van der Waals surface area (Å²) in [5, 5.41) is 3.36. The van der Waals surface area contributed by atoms with Gasteiger partial charge in [-0.1, -0.05) is 32.9 Å². The van der Waals surface area contributed by atoms with Gasteiger partial charge in [0.05, 0.1) is 5.69 Å². The van der Waals surface area contributed by atoms with Gasteiger partial charge in [0.15, 0.2) is 0 Å². The van der Waals surface area contributed by atoms with Gasteiger partial charge in [0, 0.05) is 12.1 Å². The van der Waals surface area contributed by atoms with Crippen LogP contribution in [0.2, 0.25) is 0 Å². The van der Waals surface area contributed by atoms with Gasteiger partial charge in [-0.15, -0.1) is 0 Å². The van der Waals surface area contributed by atoms with E-state index in [-0.39, 0.29) is 12.1 Å². The van der Waals surface area contributed by atoms with Crippen LogP contribution in [0.3, 0.4) is 0 Å². The summed E-state index contributed by atoms with van der Waals surface area (Å²) in [5.41, 5.74) is 0.668. The van der Waals surface area contributed by atoms with Gasteiger partial charge in [0.1, 0.15) is 4.90 Å². The molecule has 0 spiro atoms. The van der Waals surface area contributed by atoms with E-state index in [1.807, 2.05) is 26.0 Å². The molecule has 0 fully saturated rings. The third-order valence-electron chi connectivity index (χ3n) is 3.15. The van der Waals surface area contributed by atoms with Crippen LogP contribution in [0.5, 0.6) is 0 Å². The molecule has 5 heteroatoms. The molecule has 0 amide bonds. The summed E-state index contributed by atoms with van der Waals surface area (Å²) >= 11 is 0. The number of hydrogen-bond acceptors (Lipinski definition) is 3. The maximum atomic E-state index is 12.4. The minimum atomic E-state index is -3.48. The molecule has 1 unspecified atom stereocenters. The maximum Gasteiger partial charge on any atom is 0.242 e. The van der Waals surface area contributed by atoms with Gasteiger partial charge in [-0.3, -0.25) is 0 Å². The molecule has 0 saturated carbocycles. The smallest absolute Gasteiger partial charge is 0.242 e. The normalized spacial score (nSPS) is 13.8. The number of anilines is 1. The van der Waals surface area contributed by atoms with Crippen molar-refractivity contribution in [2.24, 2.45) is 5.92 Å². The lowest BCUT2D eigenvalue weighted by Crippen LogP contribution is -2.32. The Morgan fingerprint density at radius 3 is 2.20 bits per heavy atom. The quantitative estimate of drug-likeness (QED) is 0.812. The Balaban J connectivity index is 3.11. The molecule has 0 aromatic heterocycles. The number of nitrogens with one attached hydrogen (secondary N) is 2. The zero-order valence-corrected chi connectivity index (χ0v) is 13.8. The Bertz CT molecular complexity index is 524. The van der Waals surface area contributed by atoms with E-state index >= 15 is 0 Å². The predicted octanol–water partition coefficient (Wildman–Crippen LogP) is 3.22. The topological polar surface area (TPSA) is 58.2 Å². The van der Waals surface area contributed by atoms with Crippen molar-refractivity contribution in [1.82, 2.24) is 4.72 Å². The van der Waals surface area contributed by atoms with Crippen molar-refractivity contribution in [3.05, 3.63) is 24.3 Å². The van der Waals surface area contributed by atoms with Crippen molar-refractivity contribution in [2.45, 2.75) is 58.0 Å². The number of para-hydroxylation sites is 1. The molecule has 0 aliphatic rings. The van der Waals surface area contributed by atoms with Gasteiger partial charge in [-0.05, 0) is 38.3 Å². The Labute approximate surface area is 123 Å². The molecular weight excluding hydrogens is 272 g/mol. The second-order valence-corrected chi connectivity index (χ2v) is 7.36. The van der Waals surface area contributed by atoms with Gasteiger partial charge in [-0.2, -0.15) is 0 Å². The summed E-state index contributed by atoms with van der Waals surface area (Å²) in [6, 6.07) is 7.19. The van der Waals surface area contributed by atoms with Crippen molar-refractivity contribution in [1.29, 1.82) is 0 Å². The van der Waals surface area contributed by atoms with Crippen LogP contribution >= 0.6 is 0 Å². The first-order valence-electron chi connectivity index (χ1n) is 7.15. The molecule has 114 valence electrons. The Morgan fingerprint density at radius 2 is 1.70 bits per heavy atom. The summed E-state index contributed by atoms with van der Waals surface area (Å²) in [5.74, 6) is 0.439. The minimum Gasteiger partial charge on any atom is -0.381 e. The predicted molar refractivity (Wildman–Crippen MR) is 84.4 cm³/mol. The third kappa shape index (κ3) is 4.49. The van der Waals surface area contributed by atoms with E-state index in [0.717, 1.165) is 6.42 Å². The van der Waals surface area contributed by atoms with E-state index < -0.39 is 10.0 Å². The zero-order chi connectivity index (χ0) is 15.3. The molecule has 4 nitrogen and oxygen atoms in total. The lowest BCUT2D eigenvalue weighted by Gasteiger charge is -2.24. The number of hydrogen-bond donors (Lipinski definition) is 2. The molecule has 1 rings (SSSR count). The molecule has 2 N–H and O–H groups in total. The number of rotatable bonds is 7. The second-order valence-electron chi connectivity index (χ2n) is 5.68. The molecule has 1 aromatic rings. The zero-order valence-electron chi connectivity index (χ0n) is 13.0. The molecule has 0 aliphatic carbocycles. The number of sulfonamides is 1. The number of benzene rings is 1. The summed E-state index contributed by atoms with van der Waals surface area (Å²) in [4.78, 5) is 0.313. The highest BCUT2D eigenvalue weighted by Crippen LogP contribution is 2.23. The van der Waals surface area contributed by atoms with Crippen LogP contribution < -0.4 is 10.0 Å². The van der Waals surface area contributed by atoms with Crippen LogP contribution in [-0.4, -0.2) is 20.5 Å². The Kier molecular flexibility index (Phi) is 6.02. The first-order valence-corrected chi connectivity index (χ1v) is 8.64. The summed E-state index contributed by atoms with van der Waals surface area (Å²) in [6.07, 6.45) is 0.948. The molecule has 1 atom stereocenters. The third-order valence-corrected chi connectivity index (χ3v) is 4.87. The van der Waals surface area contributed by atoms with Crippen LogP contribution in [-0.2, 0) is 10.0 Å². The summed E-state index contributed by atoms with van der Waals surface area (Å²) in [7, 11) is -3.48. The lowest BCUT2D eigenvalue weighted by molar-refractivity contribution is 0.509. The van der Waals surface area contributed by atoms with Crippen molar-refractivity contribution < 1.29 is 8.42 Å². The van der Waals surface area contributed by atoms with Crippen molar-refractivity contribution in [3.8, 4) is 0 Å². The average molecular weight is 298 g/mol. The average Bonchev–Trinajstić information content (AvgIpc) is 2.34. The molecule has 0 bridgehead atoms. The van der Waals surface area contributed by atoms with Crippen LogP contribution in [0.15, 0.2) is 29.2 Å². The molecule has 20 heavy (non-hydrogen) atoms. The standard InChI is InChI=1S/C15H26N2O2S/c1-6-13(11(2)3)16-14-9-7-8-10-15(14)20(18,19)17-12(4)5/h7-13,16-17H,6H2,1-5H3. The van der Waals surface area contributed by atoms with E-state index in [0.29, 0.717) is 16.5 Å². The SMILES string of the molecule is CCC(Nc1ccccc1S(=O)(=O)NC(C)C)C(C)C. The van der Waals surface area contributed by atoms with E-state index in [2.05, 4.69) is 30.8 Å². The van der Waals surface area contributed by atoms with Crippen molar-refractivity contribution in [3.63, 3.8) is 0 Å². The molecule has 1 aromatic carbocycles. The van der Waals surface area contributed by atoms with Gasteiger partial charge >= 0.3 is 0 Å². The molecule has 0 heterocycles. The van der Waals surface area contributed by atoms with Gasteiger partial charge in [0.25, 0.3) is 0 Å². The Hall–Kier alpha value is -1.07. The molecule has 0 radical (unpaired) electrons. The lowest BCUT2D eigenvalue weighted by atomic mass is 10.0. The fraction of sp³-hybridized carbons (Fsp3) is 0.600. The fourth-order valence-electron chi connectivity index (χ4n) is 2.13. The van der Waals surface area contributed by atoms with Gasteiger partial charge in [0.2, 0.25) is 10.0 Å². The van der Waals surface area contributed by atoms with Gasteiger partial charge < -0.3 is 5.32 Å². The first kappa shape index (κ1) is 17.0. The maximum absolute atomic E-state index is 12.4. The fourth-order valence-corrected chi connectivity index (χ4v) is 3.56. The van der Waals surface area contributed by atoms with E-state index in [1.165, 1.54) is 0 Å². The summed E-state index contributed by atoms with van der Waals surface area (Å²) in [6.45, 7) is 9.99. The molecule has 0 saturated heterocycles. The summed E-state index contributed by atoms with van der Waals surface area (Å²) < 4.78 is 27.3. The highest BCUT2D eigenvalue weighted by atomic mass is 32.2. The van der Waals surface area contributed by atoms with E-state index in [9.17, 15) is 8.42 Å². The van der Waals surface area contributed by atoms with Crippen LogP contribution in [0.25, 0.3) is 0 Å². The van der Waals surface area contributed by atoms with Crippen molar-refractivity contribution in [2.75, 3.05) is 5.32 Å². The largest absolute Gasteiger partial charge is 0.381 e. The highest BCUT2D eigenvalue weighted by Gasteiger charge is 2.21. The van der Waals surface area contributed by atoms with E-state index in [1.54, 1.807) is 12.1 Å². The van der Waals surface area contributed by atoms with Gasteiger partial charge in [-0.25, -0.2) is 13.1 Å². The Morgan fingerprint density at radius 1 is 1.10 bits per heavy atom. The molecular formula is C15H26N2O2S. The highest BCUT2D eigenvalue weighted by molar-refractivity contribution is 7.89. The van der Waals surface area contributed by atoms with Crippen LogP contribution in [0.1, 0.15) is 41.0 Å². The first-order chi connectivity index (χ1) is 9.27. The monoisotopic (exact) mass is 298 g/mol. The minimum absolute atomic E-state index is 0.125. The van der Waals surface area contributed by atoms with Crippen molar-refractivity contribution >= 4 is 15.7 Å². The van der Waals surface area contributed by atoms with Crippen LogP contribution in [0, 0.1) is 5.92 Å². The van der Waals surface area contributed by atoms with Crippen LogP contribution in [0.4, 0.5) is 5.69 Å². The molecule has 0 aliphatic heterocycles. The second kappa shape index (κ2) is 7.09.